The monoisotopic (exact) mass is 411 g/mol. The van der Waals surface area contributed by atoms with Gasteiger partial charge in [-0.15, -0.1) is 0 Å². The van der Waals surface area contributed by atoms with Gasteiger partial charge in [-0.2, -0.15) is 0 Å². The van der Waals surface area contributed by atoms with Crippen molar-refractivity contribution < 1.29 is 17.6 Å². The second kappa shape index (κ2) is 8.24. The van der Waals surface area contributed by atoms with Gasteiger partial charge in [-0.3, -0.25) is 20.4 Å². The molecule has 0 radical (unpaired) electrons. The topological polar surface area (TPSA) is 100 Å². The Morgan fingerprint density at radius 2 is 1.79 bits per heavy atom. The van der Waals surface area contributed by atoms with Crippen LogP contribution in [0.3, 0.4) is 0 Å². The minimum absolute atomic E-state index is 0.0185. The van der Waals surface area contributed by atoms with Crippen LogP contribution in [-0.4, -0.2) is 14.3 Å². The largest absolute Gasteiger partial charge is 0.463 e. The molecule has 2 aromatic carbocycles. The molecule has 1 heterocycles. The van der Waals surface area contributed by atoms with Crippen LogP contribution < -0.4 is 15.6 Å². The van der Waals surface area contributed by atoms with E-state index < -0.39 is 15.9 Å². The van der Waals surface area contributed by atoms with E-state index in [2.05, 4.69) is 22.2 Å². The lowest BCUT2D eigenvalue weighted by Gasteiger charge is -2.13. The number of anilines is 1. The highest BCUT2D eigenvalue weighted by Crippen LogP contribution is 2.21. The summed E-state index contributed by atoms with van der Waals surface area (Å²) in [5, 5.41) is 0. The fourth-order valence-electron chi connectivity index (χ4n) is 2.65. The van der Waals surface area contributed by atoms with E-state index in [0.717, 1.165) is 11.1 Å². The zero-order valence-corrected chi connectivity index (χ0v) is 16.8. The average molecular weight is 411 g/mol. The first-order valence-electron chi connectivity index (χ1n) is 8.75. The van der Waals surface area contributed by atoms with E-state index in [1.807, 2.05) is 26.0 Å². The van der Waals surface area contributed by atoms with Gasteiger partial charge in [0.2, 0.25) is 0 Å². The summed E-state index contributed by atoms with van der Waals surface area (Å²) in [5.74, 6) is -0.0411. The molecule has 1 amide bonds. The van der Waals surface area contributed by atoms with Crippen LogP contribution in [0.2, 0.25) is 0 Å². The van der Waals surface area contributed by atoms with Crippen LogP contribution >= 0.6 is 0 Å². The molecule has 0 bridgehead atoms. The van der Waals surface area contributed by atoms with E-state index in [4.69, 9.17) is 4.42 Å². The predicted molar refractivity (Wildman–Crippen MR) is 112 cm³/mol. The van der Waals surface area contributed by atoms with E-state index in [1.54, 1.807) is 18.2 Å². The predicted octanol–water partition coefficient (Wildman–Crippen LogP) is 3.60. The minimum atomic E-state index is -3.85. The van der Waals surface area contributed by atoms with Gasteiger partial charge in [0.05, 0.1) is 22.5 Å². The Balaban J connectivity index is 1.73. The maximum absolute atomic E-state index is 12.8. The molecule has 1 aromatic heterocycles. The zero-order valence-electron chi connectivity index (χ0n) is 16.0. The normalized spacial score (nSPS) is 11.0. The number of amides is 1. The maximum atomic E-state index is 12.8. The molecule has 0 saturated carbocycles. The molecular weight excluding hydrogens is 390 g/mol. The molecule has 0 unspecified atom stereocenters. The Kier molecular flexibility index (Phi) is 5.74. The first kappa shape index (κ1) is 20.2. The third-order valence-corrected chi connectivity index (χ3v) is 5.54. The first-order chi connectivity index (χ1) is 13.8. The van der Waals surface area contributed by atoms with Crippen molar-refractivity contribution in [2.24, 2.45) is 0 Å². The molecule has 0 fully saturated rings. The number of sulfonamides is 1. The summed E-state index contributed by atoms with van der Waals surface area (Å²) in [4.78, 5) is 12.4. The quantitative estimate of drug-likeness (QED) is 0.516. The molecule has 0 aliphatic carbocycles. The summed E-state index contributed by atoms with van der Waals surface area (Å²) < 4.78 is 33.2. The molecule has 0 aliphatic rings. The summed E-state index contributed by atoms with van der Waals surface area (Å²) in [6, 6.07) is 14.6. The Bertz CT molecular complexity index is 1150. The highest BCUT2D eigenvalue weighted by Gasteiger charge is 2.17. The van der Waals surface area contributed by atoms with Crippen molar-refractivity contribution in [3.8, 4) is 0 Å². The highest BCUT2D eigenvalue weighted by atomic mass is 32.2. The van der Waals surface area contributed by atoms with Crippen molar-refractivity contribution in [3.63, 3.8) is 0 Å². The van der Waals surface area contributed by atoms with Crippen LogP contribution in [0.5, 0.6) is 0 Å². The minimum Gasteiger partial charge on any atom is -0.463 e. The average Bonchev–Trinajstić information content (AvgIpc) is 3.23. The van der Waals surface area contributed by atoms with Crippen LogP contribution in [0.15, 0.2) is 76.8 Å². The highest BCUT2D eigenvalue weighted by molar-refractivity contribution is 7.92. The Labute approximate surface area is 169 Å². The van der Waals surface area contributed by atoms with Gasteiger partial charge in [-0.25, -0.2) is 8.42 Å². The third-order valence-electron chi connectivity index (χ3n) is 4.18. The smallest absolute Gasteiger partial charge is 0.269 e. The van der Waals surface area contributed by atoms with Gasteiger partial charge in [-0.1, -0.05) is 30.3 Å². The molecule has 3 rings (SSSR count). The van der Waals surface area contributed by atoms with Gasteiger partial charge >= 0.3 is 0 Å². The van der Waals surface area contributed by atoms with Crippen LogP contribution in [0, 0.1) is 13.8 Å². The summed E-state index contributed by atoms with van der Waals surface area (Å²) in [6.45, 7) is 7.51. The number of nitrogens with one attached hydrogen (secondary N) is 3. The molecule has 3 N–H and O–H groups in total. The molecule has 7 nitrogen and oxygen atoms in total. The van der Waals surface area contributed by atoms with Crippen molar-refractivity contribution in [1.29, 1.82) is 0 Å². The molecule has 0 saturated heterocycles. The molecular formula is C21H21N3O4S. The summed E-state index contributed by atoms with van der Waals surface area (Å²) in [7, 11) is -3.85. The fraction of sp³-hybridized carbons (Fsp3) is 0.0952. The molecule has 3 aromatic rings. The SMILES string of the molecule is C=C(NNC(=O)c1cccc(S(=O)(=O)Nc2ccc(C)cc2C)c1)c1ccco1. The van der Waals surface area contributed by atoms with Gasteiger partial charge in [0, 0.05) is 5.56 Å². The van der Waals surface area contributed by atoms with Crippen molar-refractivity contribution >= 4 is 27.3 Å². The van der Waals surface area contributed by atoms with Gasteiger partial charge in [0.25, 0.3) is 15.9 Å². The maximum Gasteiger partial charge on any atom is 0.269 e. The van der Waals surface area contributed by atoms with Gasteiger partial charge in [0.1, 0.15) is 0 Å². The third kappa shape index (κ3) is 4.85. The number of hydrogen-bond acceptors (Lipinski definition) is 5. The van der Waals surface area contributed by atoms with Crippen molar-refractivity contribution in [3.05, 3.63) is 89.9 Å². The number of carbonyl (C=O) groups excluding carboxylic acids is 1. The number of hydrogen-bond donors (Lipinski definition) is 3. The second-order valence-electron chi connectivity index (χ2n) is 6.49. The number of hydrazine groups is 1. The molecule has 8 heteroatoms. The van der Waals surface area contributed by atoms with Crippen molar-refractivity contribution in [2.45, 2.75) is 18.7 Å². The van der Waals surface area contributed by atoms with Gasteiger partial charge in [0.15, 0.2) is 5.76 Å². The van der Waals surface area contributed by atoms with E-state index in [9.17, 15) is 13.2 Å². The Hall–Kier alpha value is -3.52. The van der Waals surface area contributed by atoms with E-state index in [1.165, 1.54) is 30.5 Å². The summed E-state index contributed by atoms with van der Waals surface area (Å²) in [6.07, 6.45) is 1.49. The zero-order chi connectivity index (χ0) is 21.0. The van der Waals surface area contributed by atoms with E-state index >= 15 is 0 Å². The fourth-order valence-corrected chi connectivity index (χ4v) is 3.83. The molecule has 0 spiro atoms. The molecule has 0 atom stereocenters. The number of benzene rings is 2. The van der Waals surface area contributed by atoms with Crippen molar-refractivity contribution in [1.82, 2.24) is 10.9 Å². The number of aryl methyl sites for hydroxylation is 2. The van der Waals surface area contributed by atoms with E-state index in [-0.39, 0.29) is 10.5 Å². The van der Waals surface area contributed by atoms with Crippen LogP contribution in [-0.2, 0) is 10.0 Å². The summed E-state index contributed by atoms with van der Waals surface area (Å²) >= 11 is 0. The second-order valence-corrected chi connectivity index (χ2v) is 8.17. The first-order valence-corrected chi connectivity index (χ1v) is 10.2. The molecule has 0 aliphatic heterocycles. The van der Waals surface area contributed by atoms with Gasteiger partial charge in [-0.05, 0) is 55.8 Å². The van der Waals surface area contributed by atoms with Crippen LogP contribution in [0.1, 0.15) is 27.2 Å². The van der Waals surface area contributed by atoms with Crippen LogP contribution in [0.4, 0.5) is 5.69 Å². The van der Waals surface area contributed by atoms with E-state index in [0.29, 0.717) is 17.1 Å². The van der Waals surface area contributed by atoms with Crippen molar-refractivity contribution in [2.75, 3.05) is 4.72 Å². The number of furan rings is 1. The lowest BCUT2D eigenvalue weighted by atomic mass is 10.1. The molecule has 150 valence electrons. The van der Waals surface area contributed by atoms with Crippen LogP contribution in [0.25, 0.3) is 5.70 Å². The molecule has 29 heavy (non-hydrogen) atoms. The Morgan fingerprint density at radius 1 is 1.00 bits per heavy atom. The number of rotatable bonds is 7. The summed E-state index contributed by atoms with van der Waals surface area (Å²) in [5.41, 5.74) is 7.98. The number of carbonyl (C=O) groups is 1. The lowest BCUT2D eigenvalue weighted by Crippen LogP contribution is -2.35. The Morgan fingerprint density at radius 3 is 2.48 bits per heavy atom. The van der Waals surface area contributed by atoms with Gasteiger partial charge < -0.3 is 4.42 Å². The standard InChI is InChI=1S/C21H21N3O4S/c1-14-9-10-19(15(2)12-14)24-29(26,27)18-7-4-6-17(13-18)21(25)23-22-16(3)20-8-5-11-28-20/h4-13,22,24H,3H2,1-2H3,(H,23,25). The lowest BCUT2D eigenvalue weighted by molar-refractivity contribution is 0.0942.